The third-order valence-electron chi connectivity index (χ3n) is 4.71. The molecular weight excluding hydrogens is 338 g/mol. The summed E-state index contributed by atoms with van der Waals surface area (Å²) in [6, 6.07) is 18.0. The first-order chi connectivity index (χ1) is 12.2. The van der Waals surface area contributed by atoms with Gasteiger partial charge in [0, 0.05) is 12.3 Å². The Labute approximate surface area is 158 Å². The van der Waals surface area contributed by atoms with Crippen molar-refractivity contribution in [1.29, 1.82) is 0 Å². The third kappa shape index (κ3) is 5.60. The molecule has 0 aromatic heterocycles. The SMILES string of the molecule is COc1ccc(/C=N/C(=C\c2ccccc2)O[Si](C)(C)C(C)(C)C)cc1. The Kier molecular flexibility index (Phi) is 6.43. The molecule has 0 saturated carbocycles. The van der Waals surface area contributed by atoms with Crippen LogP contribution in [-0.4, -0.2) is 21.6 Å². The second kappa shape index (κ2) is 8.36. The van der Waals surface area contributed by atoms with Crippen LogP contribution >= 0.6 is 0 Å². The van der Waals surface area contributed by atoms with Gasteiger partial charge in [0.25, 0.3) is 8.32 Å². The van der Waals surface area contributed by atoms with E-state index in [2.05, 4.69) is 51.0 Å². The van der Waals surface area contributed by atoms with Crippen LogP contribution in [0.1, 0.15) is 31.9 Å². The van der Waals surface area contributed by atoms with Crippen LogP contribution in [0.2, 0.25) is 18.1 Å². The number of benzene rings is 2. The zero-order chi connectivity index (χ0) is 19.2. The molecule has 26 heavy (non-hydrogen) atoms. The summed E-state index contributed by atoms with van der Waals surface area (Å²) in [5, 5.41) is 0.110. The number of aliphatic imine (C=N–C) groups is 1. The molecule has 2 rings (SSSR count). The number of methoxy groups -OCH3 is 1. The Balaban J connectivity index is 2.31. The fourth-order valence-electron chi connectivity index (χ4n) is 2.03. The van der Waals surface area contributed by atoms with Gasteiger partial charge in [-0.25, -0.2) is 4.99 Å². The van der Waals surface area contributed by atoms with E-state index in [-0.39, 0.29) is 5.04 Å². The summed E-state index contributed by atoms with van der Waals surface area (Å²) < 4.78 is 11.7. The van der Waals surface area contributed by atoms with E-state index in [0.29, 0.717) is 5.88 Å². The van der Waals surface area contributed by atoms with Crippen molar-refractivity contribution in [3.05, 3.63) is 71.6 Å². The van der Waals surface area contributed by atoms with Gasteiger partial charge in [0.15, 0.2) is 5.88 Å². The van der Waals surface area contributed by atoms with E-state index in [1.165, 1.54) is 0 Å². The van der Waals surface area contributed by atoms with Gasteiger partial charge in [0.1, 0.15) is 5.75 Å². The summed E-state index contributed by atoms with van der Waals surface area (Å²) in [7, 11) is -0.313. The number of hydrogen-bond donors (Lipinski definition) is 0. The number of rotatable bonds is 6. The Morgan fingerprint density at radius 3 is 2.08 bits per heavy atom. The topological polar surface area (TPSA) is 30.8 Å². The highest BCUT2D eigenvalue weighted by Gasteiger charge is 2.39. The minimum atomic E-state index is -1.98. The van der Waals surface area contributed by atoms with Crippen LogP contribution < -0.4 is 4.74 Å². The van der Waals surface area contributed by atoms with Gasteiger partial charge >= 0.3 is 0 Å². The van der Waals surface area contributed by atoms with E-state index in [4.69, 9.17) is 9.16 Å². The van der Waals surface area contributed by atoms with Crippen LogP contribution in [0.25, 0.3) is 6.08 Å². The highest BCUT2D eigenvalue weighted by molar-refractivity contribution is 6.74. The van der Waals surface area contributed by atoms with Gasteiger partial charge in [-0.15, -0.1) is 0 Å². The summed E-state index contributed by atoms with van der Waals surface area (Å²) in [5.74, 6) is 1.48. The van der Waals surface area contributed by atoms with Crippen LogP contribution in [0.3, 0.4) is 0 Å². The number of nitrogens with zero attached hydrogens (tertiary/aromatic N) is 1. The van der Waals surface area contributed by atoms with Crippen molar-refractivity contribution in [2.75, 3.05) is 7.11 Å². The molecule has 0 aliphatic rings. The second-order valence-electron chi connectivity index (χ2n) is 7.79. The average molecular weight is 368 g/mol. The fourth-order valence-corrected chi connectivity index (χ4v) is 2.97. The molecule has 2 aromatic rings. The van der Waals surface area contributed by atoms with Crippen molar-refractivity contribution in [1.82, 2.24) is 0 Å². The molecule has 0 bridgehead atoms. The fraction of sp³-hybridized carbons (Fsp3) is 0.318. The molecule has 138 valence electrons. The lowest BCUT2D eigenvalue weighted by molar-refractivity contribution is 0.385. The van der Waals surface area contributed by atoms with Gasteiger partial charge in [-0.2, -0.15) is 0 Å². The monoisotopic (exact) mass is 367 g/mol. The minimum Gasteiger partial charge on any atom is -0.531 e. The largest absolute Gasteiger partial charge is 0.531 e. The first kappa shape index (κ1) is 20.0. The lowest BCUT2D eigenvalue weighted by Crippen LogP contribution is -2.40. The number of ether oxygens (including phenoxy) is 1. The first-order valence-corrected chi connectivity index (χ1v) is 11.8. The molecule has 0 unspecified atom stereocenters. The molecule has 0 radical (unpaired) electrons. The predicted molar refractivity (Wildman–Crippen MR) is 113 cm³/mol. The lowest BCUT2D eigenvalue weighted by Gasteiger charge is -2.36. The van der Waals surface area contributed by atoms with Gasteiger partial charge in [-0.1, -0.05) is 51.1 Å². The van der Waals surface area contributed by atoms with Crippen molar-refractivity contribution < 1.29 is 9.16 Å². The summed E-state index contributed by atoms with van der Waals surface area (Å²) in [6.07, 6.45) is 3.84. The van der Waals surface area contributed by atoms with Crippen molar-refractivity contribution in [2.45, 2.75) is 38.9 Å². The van der Waals surface area contributed by atoms with E-state index in [1.807, 2.05) is 54.8 Å². The molecule has 0 saturated heterocycles. The summed E-state index contributed by atoms with van der Waals surface area (Å²) in [6.45, 7) is 11.1. The zero-order valence-corrected chi connectivity index (χ0v) is 17.6. The molecule has 0 aliphatic carbocycles. The van der Waals surface area contributed by atoms with Gasteiger partial charge < -0.3 is 9.16 Å². The van der Waals surface area contributed by atoms with Crippen LogP contribution in [-0.2, 0) is 4.43 Å². The lowest BCUT2D eigenvalue weighted by atomic mass is 10.2. The van der Waals surface area contributed by atoms with Crippen molar-refractivity contribution in [3.8, 4) is 5.75 Å². The van der Waals surface area contributed by atoms with Crippen LogP contribution in [0.4, 0.5) is 0 Å². The molecule has 4 heteroatoms. The molecular formula is C22H29NO2Si. The summed E-state index contributed by atoms with van der Waals surface area (Å²) in [5.41, 5.74) is 2.08. The van der Waals surface area contributed by atoms with E-state index < -0.39 is 8.32 Å². The maximum absolute atomic E-state index is 6.45. The van der Waals surface area contributed by atoms with Crippen molar-refractivity contribution in [2.24, 2.45) is 4.99 Å². The third-order valence-corrected chi connectivity index (χ3v) is 9.04. The highest BCUT2D eigenvalue weighted by Crippen LogP contribution is 2.38. The molecule has 3 nitrogen and oxygen atoms in total. The van der Waals surface area contributed by atoms with Gasteiger partial charge in [-0.3, -0.25) is 0 Å². The Bertz CT molecular complexity index is 757. The normalized spacial score (nSPS) is 13.1. The molecule has 0 atom stereocenters. The van der Waals surface area contributed by atoms with E-state index in [1.54, 1.807) is 7.11 Å². The molecule has 2 aromatic carbocycles. The van der Waals surface area contributed by atoms with Crippen molar-refractivity contribution >= 4 is 20.6 Å². The molecule has 0 aliphatic heterocycles. The average Bonchev–Trinajstić information content (AvgIpc) is 2.60. The Morgan fingerprint density at radius 1 is 0.923 bits per heavy atom. The molecule has 0 spiro atoms. The Hall–Kier alpha value is -2.33. The van der Waals surface area contributed by atoms with Crippen LogP contribution in [0.5, 0.6) is 5.75 Å². The minimum absolute atomic E-state index is 0.110. The molecule has 0 heterocycles. The van der Waals surface area contributed by atoms with E-state index in [9.17, 15) is 0 Å². The highest BCUT2D eigenvalue weighted by atomic mass is 28.4. The standard InChI is InChI=1S/C22H29NO2Si/c1-22(2,3)26(5,6)25-21(16-18-10-8-7-9-11-18)23-17-19-12-14-20(24-4)15-13-19/h7-17H,1-6H3/b21-16+,23-17+. The zero-order valence-electron chi connectivity index (χ0n) is 16.6. The summed E-state index contributed by atoms with van der Waals surface area (Å²) >= 11 is 0. The number of hydrogen-bond acceptors (Lipinski definition) is 3. The quantitative estimate of drug-likeness (QED) is 0.349. The van der Waals surface area contributed by atoms with Gasteiger partial charge in [-0.05, 0) is 53.5 Å². The van der Waals surface area contributed by atoms with Gasteiger partial charge in [0.05, 0.1) is 7.11 Å². The molecule has 0 fully saturated rings. The van der Waals surface area contributed by atoms with Crippen LogP contribution in [0, 0.1) is 0 Å². The Morgan fingerprint density at radius 2 is 1.54 bits per heavy atom. The molecule has 0 amide bonds. The first-order valence-electron chi connectivity index (χ1n) is 8.85. The maximum atomic E-state index is 6.45. The second-order valence-corrected chi connectivity index (χ2v) is 12.5. The van der Waals surface area contributed by atoms with E-state index >= 15 is 0 Å². The van der Waals surface area contributed by atoms with E-state index in [0.717, 1.165) is 16.9 Å². The molecule has 0 N–H and O–H groups in total. The summed E-state index contributed by atoms with van der Waals surface area (Å²) in [4.78, 5) is 4.65. The maximum Gasteiger partial charge on any atom is 0.252 e. The van der Waals surface area contributed by atoms with Gasteiger partial charge in [0.2, 0.25) is 0 Å². The smallest absolute Gasteiger partial charge is 0.252 e. The predicted octanol–water partition coefficient (Wildman–Crippen LogP) is 6.13. The van der Waals surface area contributed by atoms with Crippen LogP contribution in [0.15, 0.2) is 65.5 Å². The van der Waals surface area contributed by atoms with Crippen molar-refractivity contribution in [3.63, 3.8) is 0 Å².